The topological polar surface area (TPSA) is 58.4 Å². The third kappa shape index (κ3) is 5.69. The fourth-order valence-electron chi connectivity index (χ4n) is 0.936. The second-order valence-corrected chi connectivity index (χ2v) is 3.23. The first-order chi connectivity index (χ1) is 6.47. The van der Waals surface area contributed by atoms with Gasteiger partial charge in [0, 0.05) is 19.1 Å². The summed E-state index contributed by atoms with van der Waals surface area (Å²) in [6.45, 7) is 3.28. The minimum Gasteiger partial charge on any atom is -0.336 e. The predicted octanol–water partition coefficient (Wildman–Crippen LogP) is 0.630. The molecule has 0 bridgehead atoms. The summed E-state index contributed by atoms with van der Waals surface area (Å²) in [6.07, 6.45) is -2.53. The molecular weight excluding hydrogens is 192 g/mol. The molecule has 0 aromatic rings. The molecule has 0 aliphatic heterocycles. The van der Waals surface area contributed by atoms with E-state index in [4.69, 9.17) is 5.73 Å². The zero-order valence-electron chi connectivity index (χ0n) is 8.46. The van der Waals surface area contributed by atoms with Gasteiger partial charge in [-0.2, -0.15) is 0 Å². The fraction of sp³-hybridized carbons (Fsp3) is 0.875. The Balaban J connectivity index is 4.10. The molecule has 0 aliphatic carbocycles. The molecule has 0 aromatic heterocycles. The van der Waals surface area contributed by atoms with Gasteiger partial charge >= 0.3 is 6.03 Å². The predicted molar refractivity (Wildman–Crippen MR) is 50.3 cm³/mol. The quantitative estimate of drug-likeness (QED) is 0.697. The van der Waals surface area contributed by atoms with E-state index in [9.17, 15) is 13.6 Å². The van der Waals surface area contributed by atoms with E-state index >= 15 is 0 Å². The number of alkyl halides is 2. The lowest BCUT2D eigenvalue weighted by atomic mass is 10.4. The maximum Gasteiger partial charge on any atom is 0.317 e. The van der Waals surface area contributed by atoms with Crippen molar-refractivity contribution in [2.24, 2.45) is 5.73 Å². The average Bonchev–Trinajstić information content (AvgIpc) is 2.01. The van der Waals surface area contributed by atoms with E-state index in [1.807, 2.05) is 0 Å². The Morgan fingerprint density at radius 1 is 1.50 bits per heavy atom. The van der Waals surface area contributed by atoms with Crippen molar-refractivity contribution in [1.82, 2.24) is 10.2 Å². The molecule has 0 radical (unpaired) electrons. The molecule has 0 unspecified atom stereocenters. The highest BCUT2D eigenvalue weighted by Crippen LogP contribution is 1.98. The van der Waals surface area contributed by atoms with Crippen LogP contribution in [-0.4, -0.2) is 43.0 Å². The van der Waals surface area contributed by atoms with Gasteiger partial charge in [0.2, 0.25) is 0 Å². The lowest BCUT2D eigenvalue weighted by Gasteiger charge is -2.23. The molecule has 0 saturated heterocycles. The molecule has 3 N–H and O–H groups in total. The van der Waals surface area contributed by atoms with Crippen LogP contribution in [0.1, 0.15) is 13.8 Å². The van der Waals surface area contributed by atoms with Gasteiger partial charge < -0.3 is 16.0 Å². The number of hydrogen-bond acceptors (Lipinski definition) is 2. The molecule has 0 saturated carbocycles. The Kier molecular flexibility index (Phi) is 6.11. The average molecular weight is 209 g/mol. The second-order valence-electron chi connectivity index (χ2n) is 3.23. The summed E-state index contributed by atoms with van der Waals surface area (Å²) in [7, 11) is 0. The zero-order chi connectivity index (χ0) is 11.1. The third-order valence-corrected chi connectivity index (χ3v) is 1.46. The van der Waals surface area contributed by atoms with E-state index in [-0.39, 0.29) is 19.1 Å². The lowest BCUT2D eigenvalue weighted by molar-refractivity contribution is 0.0989. The van der Waals surface area contributed by atoms with Crippen LogP contribution in [0.3, 0.4) is 0 Å². The maximum atomic E-state index is 12.0. The molecule has 0 atom stereocenters. The summed E-state index contributed by atoms with van der Waals surface area (Å²) in [5, 5.41) is 2.53. The second kappa shape index (κ2) is 6.53. The molecular formula is C8H17F2N3O. The van der Waals surface area contributed by atoms with Crippen molar-refractivity contribution in [3.8, 4) is 0 Å². The number of halogens is 2. The molecule has 14 heavy (non-hydrogen) atoms. The number of carbonyl (C=O) groups is 1. The van der Waals surface area contributed by atoms with E-state index in [2.05, 4.69) is 5.32 Å². The van der Waals surface area contributed by atoms with Crippen LogP contribution in [0.4, 0.5) is 13.6 Å². The Morgan fingerprint density at radius 3 is 2.43 bits per heavy atom. The van der Waals surface area contributed by atoms with Gasteiger partial charge in [-0.05, 0) is 13.8 Å². The van der Waals surface area contributed by atoms with Crippen LogP contribution in [0.5, 0.6) is 0 Å². The summed E-state index contributed by atoms with van der Waals surface area (Å²) >= 11 is 0. The van der Waals surface area contributed by atoms with Crippen LogP contribution in [0.2, 0.25) is 0 Å². The minimum atomic E-state index is -2.53. The van der Waals surface area contributed by atoms with Gasteiger partial charge in [0.25, 0.3) is 6.43 Å². The van der Waals surface area contributed by atoms with E-state index in [1.54, 1.807) is 13.8 Å². The maximum absolute atomic E-state index is 12.0. The van der Waals surface area contributed by atoms with Gasteiger partial charge in [-0.1, -0.05) is 0 Å². The first-order valence-electron chi connectivity index (χ1n) is 4.51. The van der Waals surface area contributed by atoms with Gasteiger partial charge in [-0.15, -0.1) is 0 Å². The minimum absolute atomic E-state index is 0.0690. The number of amides is 2. The number of nitrogens with one attached hydrogen (secondary N) is 1. The number of nitrogens with zero attached hydrogens (tertiary/aromatic N) is 1. The summed E-state index contributed by atoms with van der Waals surface area (Å²) in [5.41, 5.74) is 5.21. The summed E-state index contributed by atoms with van der Waals surface area (Å²) < 4.78 is 24.1. The van der Waals surface area contributed by atoms with Crippen molar-refractivity contribution in [2.75, 3.05) is 19.6 Å². The number of carbonyl (C=O) groups excluding carboxylic acids is 1. The summed E-state index contributed by atoms with van der Waals surface area (Å²) in [6, 6.07) is -0.564. The molecule has 0 rings (SSSR count). The number of rotatable bonds is 5. The van der Waals surface area contributed by atoms with Gasteiger partial charge in [0.05, 0.1) is 6.54 Å². The Hall–Kier alpha value is -0.910. The van der Waals surface area contributed by atoms with Crippen LogP contribution >= 0.6 is 0 Å². The van der Waals surface area contributed by atoms with Crippen LogP contribution in [-0.2, 0) is 0 Å². The van der Waals surface area contributed by atoms with E-state index in [1.165, 1.54) is 0 Å². The largest absolute Gasteiger partial charge is 0.336 e. The third-order valence-electron chi connectivity index (χ3n) is 1.46. The molecule has 0 heterocycles. The van der Waals surface area contributed by atoms with Crippen molar-refractivity contribution in [1.29, 1.82) is 0 Å². The first kappa shape index (κ1) is 13.1. The van der Waals surface area contributed by atoms with Crippen molar-refractivity contribution in [2.45, 2.75) is 26.3 Å². The molecule has 0 fully saturated rings. The molecule has 6 heteroatoms. The smallest absolute Gasteiger partial charge is 0.317 e. The monoisotopic (exact) mass is 209 g/mol. The van der Waals surface area contributed by atoms with E-state index in [0.29, 0.717) is 0 Å². The van der Waals surface area contributed by atoms with E-state index in [0.717, 1.165) is 4.90 Å². The first-order valence-corrected chi connectivity index (χ1v) is 4.51. The fourth-order valence-corrected chi connectivity index (χ4v) is 0.936. The van der Waals surface area contributed by atoms with Crippen LogP contribution in [0.15, 0.2) is 0 Å². The highest BCUT2D eigenvalue weighted by Gasteiger charge is 2.17. The number of urea groups is 1. The number of nitrogens with two attached hydrogens (primary N) is 1. The van der Waals surface area contributed by atoms with Crippen molar-refractivity contribution >= 4 is 6.03 Å². The van der Waals surface area contributed by atoms with Gasteiger partial charge in [-0.25, -0.2) is 13.6 Å². The highest BCUT2D eigenvalue weighted by molar-refractivity contribution is 5.74. The lowest BCUT2D eigenvalue weighted by Crippen LogP contribution is -2.46. The Bertz CT molecular complexity index is 176. The van der Waals surface area contributed by atoms with Crippen LogP contribution in [0.25, 0.3) is 0 Å². The zero-order valence-corrected chi connectivity index (χ0v) is 8.46. The van der Waals surface area contributed by atoms with Gasteiger partial charge in [-0.3, -0.25) is 0 Å². The van der Waals surface area contributed by atoms with Gasteiger partial charge in [0.1, 0.15) is 0 Å². The van der Waals surface area contributed by atoms with E-state index < -0.39 is 19.0 Å². The molecule has 0 aromatic carbocycles. The molecule has 2 amide bonds. The summed E-state index contributed by atoms with van der Waals surface area (Å²) in [5.74, 6) is 0. The van der Waals surface area contributed by atoms with Crippen molar-refractivity contribution < 1.29 is 13.6 Å². The van der Waals surface area contributed by atoms with Crippen molar-refractivity contribution in [3.63, 3.8) is 0 Å². The van der Waals surface area contributed by atoms with Gasteiger partial charge in [0.15, 0.2) is 0 Å². The molecule has 0 aliphatic rings. The molecule has 84 valence electrons. The Labute approximate surface area is 82.4 Å². The molecule has 4 nitrogen and oxygen atoms in total. The summed E-state index contributed by atoms with van der Waals surface area (Å²) in [4.78, 5) is 12.3. The van der Waals surface area contributed by atoms with Crippen LogP contribution < -0.4 is 11.1 Å². The van der Waals surface area contributed by atoms with Crippen LogP contribution in [0, 0.1) is 0 Å². The van der Waals surface area contributed by atoms with Crippen molar-refractivity contribution in [3.05, 3.63) is 0 Å². The normalized spacial score (nSPS) is 10.8. The standard InChI is InChI=1S/C8H17F2N3O/c1-6(2)12-8(14)13(4-3-11)5-7(9)10/h6-7H,3-5,11H2,1-2H3,(H,12,14). The number of hydrogen-bond donors (Lipinski definition) is 2. The SMILES string of the molecule is CC(C)NC(=O)N(CCN)CC(F)F. The molecule has 0 spiro atoms. The highest BCUT2D eigenvalue weighted by atomic mass is 19.3. The Morgan fingerprint density at radius 2 is 2.07 bits per heavy atom.